The Bertz CT molecular complexity index is 496. The van der Waals surface area contributed by atoms with E-state index in [1.165, 1.54) is 6.07 Å². The lowest BCUT2D eigenvalue weighted by Crippen LogP contribution is -2.18. The molecule has 3 nitrogen and oxygen atoms in total. The first-order valence-electron chi connectivity index (χ1n) is 5.48. The molecule has 0 fully saturated rings. The molecule has 1 aromatic carbocycles. The Kier molecular flexibility index (Phi) is 3.54. The second kappa shape index (κ2) is 5.10. The molecule has 0 bridgehead atoms. The number of hydrogen-bond donors (Lipinski definition) is 0. The van der Waals surface area contributed by atoms with Crippen LogP contribution >= 0.6 is 0 Å². The van der Waals surface area contributed by atoms with Gasteiger partial charge in [-0.25, -0.2) is 9.37 Å². The molecule has 90 valence electrons. The van der Waals surface area contributed by atoms with Gasteiger partial charge in [0.1, 0.15) is 12.1 Å². The summed E-state index contributed by atoms with van der Waals surface area (Å²) in [6.45, 7) is 3.00. The summed E-state index contributed by atoms with van der Waals surface area (Å²) in [5, 5.41) is 0. The molecule has 0 amide bonds. The first-order chi connectivity index (χ1) is 8.15. The van der Waals surface area contributed by atoms with Crippen molar-refractivity contribution in [3.05, 3.63) is 53.5 Å². The predicted molar refractivity (Wildman–Crippen MR) is 62.8 cm³/mol. The van der Waals surface area contributed by atoms with Crippen LogP contribution in [0.3, 0.4) is 0 Å². The van der Waals surface area contributed by atoms with E-state index in [-0.39, 0.29) is 5.82 Å². The maximum Gasteiger partial charge on any atom is 0.191 e. The highest BCUT2D eigenvalue weighted by Gasteiger charge is 2.07. The number of hydrogen-bond acceptors (Lipinski definition) is 3. The van der Waals surface area contributed by atoms with E-state index < -0.39 is 0 Å². The van der Waals surface area contributed by atoms with E-state index in [2.05, 4.69) is 4.98 Å². The van der Waals surface area contributed by atoms with Crippen molar-refractivity contribution in [3.8, 4) is 0 Å². The Balaban J connectivity index is 1.98. The smallest absolute Gasteiger partial charge is 0.191 e. The van der Waals surface area contributed by atoms with Crippen LogP contribution in [-0.4, -0.2) is 16.9 Å². The van der Waals surface area contributed by atoms with Crippen LogP contribution in [0.4, 0.5) is 4.39 Å². The molecule has 4 heteroatoms. The summed E-state index contributed by atoms with van der Waals surface area (Å²) >= 11 is 0. The van der Waals surface area contributed by atoms with E-state index in [1.54, 1.807) is 25.3 Å². The topological polar surface area (TPSA) is 29.3 Å². The van der Waals surface area contributed by atoms with Crippen LogP contribution in [0, 0.1) is 12.7 Å². The molecule has 0 aliphatic rings. The number of rotatable bonds is 4. The van der Waals surface area contributed by atoms with Gasteiger partial charge in [0.2, 0.25) is 0 Å². The van der Waals surface area contributed by atoms with E-state index in [0.717, 1.165) is 5.69 Å². The van der Waals surface area contributed by atoms with Gasteiger partial charge in [0, 0.05) is 25.6 Å². The van der Waals surface area contributed by atoms with Gasteiger partial charge >= 0.3 is 0 Å². The zero-order valence-electron chi connectivity index (χ0n) is 9.98. The van der Waals surface area contributed by atoms with Gasteiger partial charge in [-0.3, -0.25) is 4.90 Å². The SMILES string of the molecule is Cc1nc(CN(C)Cc2ccccc2F)co1. The predicted octanol–water partition coefficient (Wildman–Crippen LogP) is 2.75. The maximum atomic E-state index is 13.4. The van der Waals surface area contributed by atoms with Gasteiger partial charge in [-0.2, -0.15) is 0 Å². The van der Waals surface area contributed by atoms with E-state index >= 15 is 0 Å². The standard InChI is InChI=1S/C13H15FN2O/c1-10-15-12(9-17-10)8-16(2)7-11-5-3-4-6-13(11)14/h3-6,9H,7-8H2,1-2H3. The minimum absolute atomic E-state index is 0.171. The van der Waals surface area contributed by atoms with E-state index in [1.807, 2.05) is 18.0 Å². The lowest BCUT2D eigenvalue weighted by molar-refractivity contribution is 0.309. The lowest BCUT2D eigenvalue weighted by atomic mass is 10.2. The fourth-order valence-corrected chi connectivity index (χ4v) is 1.73. The monoisotopic (exact) mass is 234 g/mol. The molecule has 0 saturated carbocycles. The maximum absolute atomic E-state index is 13.4. The molecule has 0 unspecified atom stereocenters. The molecule has 0 saturated heterocycles. The number of aryl methyl sites for hydroxylation is 1. The van der Waals surface area contributed by atoms with Crippen molar-refractivity contribution in [1.29, 1.82) is 0 Å². The third-order valence-electron chi connectivity index (χ3n) is 2.50. The Morgan fingerprint density at radius 1 is 1.29 bits per heavy atom. The molecule has 0 aliphatic heterocycles. The largest absolute Gasteiger partial charge is 0.449 e. The number of halogens is 1. The molecule has 17 heavy (non-hydrogen) atoms. The zero-order chi connectivity index (χ0) is 12.3. The van der Waals surface area contributed by atoms with E-state index in [0.29, 0.717) is 24.5 Å². The molecule has 0 atom stereocenters. The van der Waals surface area contributed by atoms with Crippen LogP contribution in [-0.2, 0) is 13.1 Å². The second-order valence-corrected chi connectivity index (χ2v) is 4.12. The van der Waals surface area contributed by atoms with Gasteiger partial charge in [-0.1, -0.05) is 18.2 Å². The van der Waals surface area contributed by atoms with Crippen molar-refractivity contribution < 1.29 is 8.81 Å². The number of aromatic nitrogens is 1. The summed E-state index contributed by atoms with van der Waals surface area (Å²) < 4.78 is 18.6. The minimum Gasteiger partial charge on any atom is -0.449 e. The quantitative estimate of drug-likeness (QED) is 0.814. The molecule has 2 rings (SSSR count). The fraction of sp³-hybridized carbons (Fsp3) is 0.308. The summed E-state index contributed by atoms with van der Waals surface area (Å²) in [7, 11) is 1.93. The summed E-state index contributed by atoms with van der Waals surface area (Å²) in [5.74, 6) is 0.481. The highest BCUT2D eigenvalue weighted by molar-refractivity contribution is 5.17. The summed E-state index contributed by atoms with van der Waals surface area (Å²) in [4.78, 5) is 6.21. The number of oxazole rings is 1. The van der Waals surface area contributed by atoms with Crippen molar-refractivity contribution in [2.45, 2.75) is 20.0 Å². The first kappa shape index (κ1) is 11.8. The summed E-state index contributed by atoms with van der Waals surface area (Å²) in [6.07, 6.45) is 1.63. The van der Waals surface area contributed by atoms with Gasteiger partial charge in [0.05, 0.1) is 5.69 Å². The molecular weight excluding hydrogens is 219 g/mol. The Hall–Kier alpha value is -1.68. The normalized spacial score (nSPS) is 11.1. The molecule has 0 N–H and O–H groups in total. The second-order valence-electron chi connectivity index (χ2n) is 4.12. The van der Waals surface area contributed by atoms with Gasteiger partial charge < -0.3 is 4.42 Å². The molecule has 0 spiro atoms. The molecule has 1 aromatic heterocycles. The molecular formula is C13H15FN2O. The highest BCUT2D eigenvalue weighted by Crippen LogP contribution is 2.11. The van der Waals surface area contributed by atoms with Crippen molar-refractivity contribution in [3.63, 3.8) is 0 Å². The van der Waals surface area contributed by atoms with Gasteiger partial charge in [0.15, 0.2) is 5.89 Å². The minimum atomic E-state index is -0.171. The molecule has 0 aliphatic carbocycles. The van der Waals surface area contributed by atoms with Gasteiger partial charge in [-0.05, 0) is 13.1 Å². The van der Waals surface area contributed by atoms with Crippen LogP contribution in [0.2, 0.25) is 0 Å². The number of benzene rings is 1. The van der Waals surface area contributed by atoms with Gasteiger partial charge in [-0.15, -0.1) is 0 Å². The van der Waals surface area contributed by atoms with Crippen LogP contribution in [0.1, 0.15) is 17.1 Å². The molecule has 1 heterocycles. The Labute approximate surface area is 99.9 Å². The number of nitrogens with zero attached hydrogens (tertiary/aromatic N) is 2. The van der Waals surface area contributed by atoms with Crippen molar-refractivity contribution >= 4 is 0 Å². The Morgan fingerprint density at radius 2 is 2.06 bits per heavy atom. The fourth-order valence-electron chi connectivity index (χ4n) is 1.73. The Morgan fingerprint density at radius 3 is 2.71 bits per heavy atom. The molecule has 2 aromatic rings. The van der Waals surface area contributed by atoms with Gasteiger partial charge in [0.25, 0.3) is 0 Å². The third kappa shape index (κ3) is 3.14. The van der Waals surface area contributed by atoms with Crippen LogP contribution in [0.25, 0.3) is 0 Å². The summed E-state index contributed by atoms with van der Waals surface area (Å²) in [5.41, 5.74) is 1.55. The average molecular weight is 234 g/mol. The zero-order valence-corrected chi connectivity index (χ0v) is 9.98. The van der Waals surface area contributed by atoms with E-state index in [9.17, 15) is 4.39 Å². The highest BCUT2D eigenvalue weighted by atomic mass is 19.1. The molecule has 0 radical (unpaired) electrons. The van der Waals surface area contributed by atoms with Crippen LogP contribution in [0.5, 0.6) is 0 Å². The average Bonchev–Trinajstić information content (AvgIpc) is 2.67. The van der Waals surface area contributed by atoms with Crippen molar-refractivity contribution in [2.75, 3.05) is 7.05 Å². The lowest BCUT2D eigenvalue weighted by Gasteiger charge is -2.15. The third-order valence-corrected chi connectivity index (χ3v) is 2.50. The first-order valence-corrected chi connectivity index (χ1v) is 5.48. The van der Waals surface area contributed by atoms with Crippen molar-refractivity contribution in [2.24, 2.45) is 0 Å². The van der Waals surface area contributed by atoms with E-state index in [4.69, 9.17) is 4.42 Å². The van der Waals surface area contributed by atoms with Crippen molar-refractivity contribution in [1.82, 2.24) is 9.88 Å². The van der Waals surface area contributed by atoms with Crippen LogP contribution in [0.15, 0.2) is 34.9 Å². The summed E-state index contributed by atoms with van der Waals surface area (Å²) in [6, 6.07) is 6.80. The van der Waals surface area contributed by atoms with Crippen LogP contribution < -0.4 is 0 Å².